The van der Waals surface area contributed by atoms with Crippen LogP contribution in [0.2, 0.25) is 0 Å². The van der Waals surface area contributed by atoms with Gasteiger partial charge in [0.15, 0.2) is 5.69 Å². The first-order chi connectivity index (χ1) is 12.6. The molecule has 124 valence electrons. The van der Waals surface area contributed by atoms with Crippen molar-refractivity contribution < 1.29 is 0 Å². The van der Waals surface area contributed by atoms with E-state index in [0.29, 0.717) is 23.6 Å². The van der Waals surface area contributed by atoms with E-state index in [2.05, 4.69) is 20.7 Å². The Balaban J connectivity index is 2.14. The molecule has 5 nitrogen and oxygen atoms in total. The van der Waals surface area contributed by atoms with E-state index in [1.807, 2.05) is 42.7 Å². The van der Waals surface area contributed by atoms with E-state index in [0.717, 1.165) is 28.1 Å². The molecule has 2 aromatic heterocycles. The average Bonchev–Trinajstić information content (AvgIpc) is 2.92. The summed E-state index contributed by atoms with van der Waals surface area (Å²) in [6.45, 7) is 18.7. The predicted octanol–water partition coefficient (Wildman–Crippen LogP) is 5.19. The van der Waals surface area contributed by atoms with E-state index in [4.69, 9.17) is 13.1 Å². The van der Waals surface area contributed by atoms with Crippen LogP contribution in [0.15, 0.2) is 42.6 Å². The molecule has 0 radical (unpaired) electrons. The number of pyridine rings is 1. The highest BCUT2D eigenvalue weighted by atomic mass is 15.0. The van der Waals surface area contributed by atoms with Gasteiger partial charge in [-0.05, 0) is 31.0 Å². The van der Waals surface area contributed by atoms with E-state index in [9.17, 15) is 5.26 Å². The summed E-state index contributed by atoms with van der Waals surface area (Å²) in [6.07, 6.45) is 1.61. The highest BCUT2D eigenvalue weighted by Crippen LogP contribution is 2.34. The van der Waals surface area contributed by atoms with Crippen LogP contribution >= 0.6 is 0 Å². The van der Waals surface area contributed by atoms with Crippen LogP contribution in [-0.2, 0) is 6.54 Å². The van der Waals surface area contributed by atoms with Gasteiger partial charge in [-0.2, -0.15) is 5.26 Å². The molecule has 0 atom stereocenters. The Morgan fingerprint density at radius 3 is 2.42 bits per heavy atom. The van der Waals surface area contributed by atoms with Crippen LogP contribution in [-0.4, -0.2) is 9.55 Å². The zero-order valence-electron chi connectivity index (χ0n) is 14.5. The highest BCUT2D eigenvalue weighted by Gasteiger charge is 2.19. The summed E-state index contributed by atoms with van der Waals surface area (Å²) in [4.78, 5) is 11.0. The number of hydrogen-bond donors (Lipinski definition) is 0. The van der Waals surface area contributed by atoms with Crippen molar-refractivity contribution in [1.29, 1.82) is 5.26 Å². The molecular weight excluding hydrogens is 322 g/mol. The monoisotopic (exact) mass is 337 g/mol. The summed E-state index contributed by atoms with van der Waals surface area (Å²) in [7, 11) is 0. The Hall–Kier alpha value is -3.88. The Labute approximate surface area is 152 Å². The van der Waals surface area contributed by atoms with E-state index in [1.165, 1.54) is 0 Å². The quantitative estimate of drug-likeness (QED) is 0.618. The molecule has 0 fully saturated rings. The molecule has 0 saturated carbocycles. The molecule has 0 saturated heterocycles. The molecule has 3 aromatic rings. The lowest BCUT2D eigenvalue weighted by molar-refractivity contribution is 0.749. The molecule has 0 aliphatic rings. The third-order valence-corrected chi connectivity index (χ3v) is 4.48. The SMILES string of the molecule is [C-]#[N+]c1ccc(-c2c(C#N)c(C)n(Cc3cccnc3[N+]#[C-])c2C)cc1. The topological polar surface area (TPSA) is 50.3 Å². The number of aromatic nitrogens is 2. The zero-order chi connectivity index (χ0) is 18.7. The fourth-order valence-electron chi connectivity index (χ4n) is 3.14. The molecule has 26 heavy (non-hydrogen) atoms. The minimum atomic E-state index is 0.376. The molecule has 5 heteroatoms. The van der Waals surface area contributed by atoms with Crippen molar-refractivity contribution in [2.75, 3.05) is 0 Å². The largest absolute Gasteiger partial charge is 0.360 e. The van der Waals surface area contributed by atoms with Gasteiger partial charge in [-0.3, -0.25) is 0 Å². The normalized spacial score (nSPS) is 9.96. The summed E-state index contributed by atoms with van der Waals surface area (Å²) in [5, 5.41) is 9.69. The molecule has 2 heterocycles. The number of hydrogen-bond acceptors (Lipinski definition) is 2. The lowest BCUT2D eigenvalue weighted by Gasteiger charge is -2.11. The van der Waals surface area contributed by atoms with Gasteiger partial charge in [0.05, 0.1) is 12.1 Å². The molecule has 0 spiro atoms. The zero-order valence-corrected chi connectivity index (χ0v) is 14.5. The second kappa shape index (κ2) is 6.93. The highest BCUT2D eigenvalue weighted by molar-refractivity contribution is 5.76. The Bertz CT molecular complexity index is 1100. The van der Waals surface area contributed by atoms with E-state index in [-0.39, 0.29) is 0 Å². The van der Waals surface area contributed by atoms with Crippen molar-refractivity contribution in [1.82, 2.24) is 9.55 Å². The Morgan fingerprint density at radius 1 is 1.08 bits per heavy atom. The van der Waals surface area contributed by atoms with Crippen LogP contribution in [0.3, 0.4) is 0 Å². The second-order valence-corrected chi connectivity index (χ2v) is 5.88. The van der Waals surface area contributed by atoms with Gasteiger partial charge in [0.1, 0.15) is 12.3 Å². The van der Waals surface area contributed by atoms with Crippen LogP contribution in [0.25, 0.3) is 20.8 Å². The van der Waals surface area contributed by atoms with Gasteiger partial charge >= 0.3 is 0 Å². The van der Waals surface area contributed by atoms with Gasteiger partial charge in [-0.15, -0.1) is 4.98 Å². The maximum Gasteiger partial charge on any atom is 0.274 e. The average molecular weight is 337 g/mol. The minimum absolute atomic E-state index is 0.376. The van der Waals surface area contributed by atoms with Gasteiger partial charge in [0, 0.05) is 23.5 Å². The summed E-state index contributed by atoms with van der Waals surface area (Å²) < 4.78 is 2.04. The molecule has 0 aliphatic heterocycles. The second-order valence-electron chi connectivity index (χ2n) is 5.88. The molecule has 0 N–H and O–H groups in total. The summed E-state index contributed by atoms with van der Waals surface area (Å²) >= 11 is 0. The van der Waals surface area contributed by atoms with Crippen LogP contribution in [0.1, 0.15) is 22.5 Å². The number of nitrogens with zero attached hydrogens (tertiary/aromatic N) is 5. The van der Waals surface area contributed by atoms with E-state index >= 15 is 0 Å². The van der Waals surface area contributed by atoms with Crippen LogP contribution in [0.5, 0.6) is 0 Å². The maximum atomic E-state index is 9.69. The van der Waals surface area contributed by atoms with Crippen molar-refractivity contribution in [3.63, 3.8) is 0 Å². The molecular formula is C21H15N5. The molecule has 0 amide bonds. The first kappa shape index (κ1) is 17.0. The van der Waals surface area contributed by atoms with Crippen molar-refractivity contribution in [2.45, 2.75) is 20.4 Å². The molecule has 1 aromatic carbocycles. The van der Waals surface area contributed by atoms with Gasteiger partial charge in [-0.25, -0.2) is 4.85 Å². The predicted molar refractivity (Wildman–Crippen MR) is 99.9 cm³/mol. The molecule has 0 unspecified atom stereocenters. The minimum Gasteiger partial charge on any atom is -0.360 e. The van der Waals surface area contributed by atoms with Crippen molar-refractivity contribution in [3.8, 4) is 17.2 Å². The van der Waals surface area contributed by atoms with E-state index < -0.39 is 0 Å². The van der Waals surface area contributed by atoms with Crippen molar-refractivity contribution >= 4 is 11.5 Å². The van der Waals surface area contributed by atoms with Crippen LogP contribution in [0.4, 0.5) is 11.5 Å². The smallest absolute Gasteiger partial charge is 0.274 e. The molecule has 0 aliphatic carbocycles. The standard InChI is InChI=1S/C21H15N5/c1-14-19(12-22)20(16-7-9-18(23-3)10-8-16)15(2)26(14)13-17-6-5-11-25-21(17)24-4/h5-11H,13H2,1-2H3. The number of benzene rings is 1. The van der Waals surface area contributed by atoms with Crippen molar-refractivity contribution in [3.05, 3.63) is 87.9 Å². The van der Waals surface area contributed by atoms with Crippen molar-refractivity contribution in [2.24, 2.45) is 0 Å². The lowest BCUT2D eigenvalue weighted by atomic mass is 10.0. The Kier molecular flexibility index (Phi) is 4.52. The number of rotatable bonds is 3. The molecule has 3 rings (SSSR count). The summed E-state index contributed by atoms with van der Waals surface area (Å²) in [5.41, 5.74) is 5.59. The van der Waals surface area contributed by atoms with E-state index in [1.54, 1.807) is 18.3 Å². The lowest BCUT2D eigenvalue weighted by Crippen LogP contribution is -2.04. The first-order valence-electron chi connectivity index (χ1n) is 7.99. The third-order valence-electron chi connectivity index (χ3n) is 4.48. The summed E-state index contributed by atoms with van der Waals surface area (Å²) in [6, 6.07) is 13.3. The van der Waals surface area contributed by atoms with Gasteiger partial charge in [0.2, 0.25) is 0 Å². The first-order valence-corrected chi connectivity index (χ1v) is 7.99. The fraction of sp³-hybridized carbons (Fsp3) is 0.143. The van der Waals surface area contributed by atoms with Gasteiger partial charge < -0.3 is 9.41 Å². The maximum absolute atomic E-state index is 9.69. The third kappa shape index (κ3) is 2.81. The van der Waals surface area contributed by atoms with Gasteiger partial charge in [0.25, 0.3) is 5.82 Å². The Morgan fingerprint density at radius 2 is 1.81 bits per heavy atom. The fourth-order valence-corrected chi connectivity index (χ4v) is 3.14. The van der Waals surface area contributed by atoms with Crippen LogP contribution in [0, 0.1) is 38.3 Å². The molecule has 0 bridgehead atoms. The number of nitriles is 1. The van der Waals surface area contributed by atoms with Gasteiger partial charge in [-0.1, -0.05) is 36.9 Å². The summed E-state index contributed by atoms with van der Waals surface area (Å²) in [5.74, 6) is 0.376. The van der Waals surface area contributed by atoms with Crippen LogP contribution < -0.4 is 0 Å².